The molecule has 1 saturated heterocycles. The second-order valence-electron chi connectivity index (χ2n) is 1.80. The van der Waals surface area contributed by atoms with Crippen molar-refractivity contribution >= 4 is 34.1 Å². The molecule has 0 aliphatic carbocycles. The van der Waals surface area contributed by atoms with Gasteiger partial charge < -0.3 is 0 Å². The van der Waals surface area contributed by atoms with E-state index in [0.29, 0.717) is 0 Å². The van der Waals surface area contributed by atoms with Gasteiger partial charge in [0.05, 0.1) is 0 Å². The summed E-state index contributed by atoms with van der Waals surface area (Å²) < 4.78 is 0.963. The molecule has 1 aliphatic heterocycles. The van der Waals surface area contributed by atoms with E-state index in [9.17, 15) is 0 Å². The summed E-state index contributed by atoms with van der Waals surface area (Å²) in [5.74, 6) is 1.41. The molecule has 1 aliphatic rings. The van der Waals surface area contributed by atoms with Crippen molar-refractivity contribution in [3.63, 3.8) is 0 Å². The molecule has 0 aromatic carbocycles. The minimum atomic E-state index is 0. The fourth-order valence-electron chi connectivity index (χ4n) is 0.711. The summed E-state index contributed by atoms with van der Waals surface area (Å²) in [4.78, 5) is 0. The van der Waals surface area contributed by atoms with Crippen LogP contribution < -0.4 is 0 Å². The zero-order chi connectivity index (χ0) is 5.11. The van der Waals surface area contributed by atoms with Gasteiger partial charge in [-0.15, -0.1) is 0 Å². The molecule has 0 aromatic rings. The Morgan fingerprint density at radius 2 is 2.12 bits per heavy atom. The Balaban J connectivity index is 0.000000490. The average Bonchev–Trinajstić information content (AvgIpc) is 1.69. The standard InChI is InChI=1S/C5H9STe.Au/c7-5-3-1-2-4-6-5;/h5H,1-4H2;. The predicted molar refractivity (Wildman–Crippen MR) is 35.9 cm³/mol. The van der Waals surface area contributed by atoms with Gasteiger partial charge in [-0.1, -0.05) is 0 Å². The van der Waals surface area contributed by atoms with Crippen LogP contribution in [0.4, 0.5) is 0 Å². The Labute approximate surface area is 84.0 Å². The molecule has 8 heavy (non-hydrogen) atoms. The fourth-order valence-corrected chi connectivity index (χ4v) is 2.98. The van der Waals surface area contributed by atoms with Gasteiger partial charge in [-0.25, -0.2) is 0 Å². The molecule has 1 unspecified atom stereocenters. The van der Waals surface area contributed by atoms with Gasteiger partial charge in [0.2, 0.25) is 0 Å². The van der Waals surface area contributed by atoms with Crippen molar-refractivity contribution in [3.05, 3.63) is 0 Å². The van der Waals surface area contributed by atoms with Gasteiger partial charge >= 0.3 is 62.4 Å². The topological polar surface area (TPSA) is 0 Å². The monoisotopic (exact) mass is 428 g/mol. The van der Waals surface area contributed by atoms with E-state index in [1.165, 1.54) is 25.0 Å². The van der Waals surface area contributed by atoms with Crippen LogP contribution in [-0.4, -0.2) is 31.3 Å². The van der Waals surface area contributed by atoms with Crippen LogP contribution in [0.15, 0.2) is 0 Å². The van der Waals surface area contributed by atoms with Crippen molar-refractivity contribution in [2.75, 3.05) is 5.75 Å². The summed E-state index contributed by atoms with van der Waals surface area (Å²) in [6.07, 6.45) is 4.38. The number of hydrogen-bond acceptors (Lipinski definition) is 1. The first-order valence-electron chi connectivity index (χ1n) is 2.67. The summed E-state index contributed by atoms with van der Waals surface area (Å²) in [5.41, 5.74) is 0. The van der Waals surface area contributed by atoms with Gasteiger partial charge in [-0.3, -0.25) is 0 Å². The van der Waals surface area contributed by atoms with Gasteiger partial charge in [-0.2, -0.15) is 0 Å². The normalized spacial score (nSPS) is 28.9. The van der Waals surface area contributed by atoms with Gasteiger partial charge in [0.15, 0.2) is 0 Å². The Morgan fingerprint density at radius 1 is 1.38 bits per heavy atom. The van der Waals surface area contributed by atoms with Crippen LogP contribution in [0.5, 0.6) is 0 Å². The van der Waals surface area contributed by atoms with Crippen LogP contribution >= 0.6 is 11.8 Å². The zero-order valence-corrected chi connectivity index (χ0v) is 9.84. The zero-order valence-electron chi connectivity index (χ0n) is 4.52. The Bertz CT molecular complexity index is 54.4. The van der Waals surface area contributed by atoms with Crippen LogP contribution in [0.25, 0.3) is 0 Å². The van der Waals surface area contributed by atoms with E-state index in [-0.39, 0.29) is 22.4 Å². The number of rotatable bonds is 0. The second kappa shape index (κ2) is 5.65. The van der Waals surface area contributed by atoms with Crippen molar-refractivity contribution in [3.8, 4) is 0 Å². The third kappa shape index (κ3) is 3.82. The summed E-state index contributed by atoms with van der Waals surface area (Å²) in [5, 5.41) is 0. The van der Waals surface area contributed by atoms with Crippen LogP contribution in [-0.2, 0) is 22.4 Å². The molecule has 0 spiro atoms. The molecule has 0 N–H and O–H groups in total. The first-order valence-corrected chi connectivity index (χ1v) is 5.06. The molecule has 0 saturated carbocycles. The van der Waals surface area contributed by atoms with E-state index in [2.05, 4.69) is 34.1 Å². The fraction of sp³-hybridized carbons (Fsp3) is 1.00. The first kappa shape index (κ1) is 9.88. The number of hydrogen-bond donors (Lipinski definition) is 0. The molecule has 2 radical (unpaired) electrons. The molecule has 1 heterocycles. The van der Waals surface area contributed by atoms with Gasteiger partial charge in [0, 0.05) is 22.4 Å². The maximum absolute atomic E-state index is 2.26. The quantitative estimate of drug-likeness (QED) is 0.529. The van der Waals surface area contributed by atoms with E-state index in [1.54, 1.807) is 0 Å². The molecule has 0 nitrogen and oxygen atoms in total. The molecule has 3 heteroatoms. The molecule has 1 rings (SSSR count). The van der Waals surface area contributed by atoms with E-state index < -0.39 is 0 Å². The summed E-state index contributed by atoms with van der Waals surface area (Å²) in [6, 6.07) is 0. The Kier molecular flexibility index (Phi) is 6.98. The van der Waals surface area contributed by atoms with Crippen molar-refractivity contribution < 1.29 is 22.4 Å². The first-order chi connectivity index (χ1) is 3.39. The van der Waals surface area contributed by atoms with Crippen molar-refractivity contribution in [2.45, 2.75) is 22.6 Å². The predicted octanol–water partition coefficient (Wildman–Crippen LogP) is 1.40. The molecular formula is C5H9AuSTe. The van der Waals surface area contributed by atoms with Gasteiger partial charge in [-0.05, 0) is 0 Å². The molecule has 0 amide bonds. The van der Waals surface area contributed by atoms with E-state index in [1.807, 2.05) is 0 Å². The third-order valence-corrected chi connectivity index (χ3v) is 4.11. The molecular weight excluding hydrogens is 417 g/mol. The average molecular weight is 426 g/mol. The number of thioether (sulfide) groups is 1. The summed E-state index contributed by atoms with van der Waals surface area (Å²) in [7, 11) is 0. The van der Waals surface area contributed by atoms with Gasteiger partial charge in [0.25, 0.3) is 0 Å². The maximum atomic E-state index is 2.26. The second-order valence-corrected chi connectivity index (χ2v) is 5.66. The van der Waals surface area contributed by atoms with Crippen LogP contribution in [0.1, 0.15) is 19.3 Å². The van der Waals surface area contributed by atoms with Crippen LogP contribution in [0.3, 0.4) is 0 Å². The third-order valence-electron chi connectivity index (χ3n) is 1.14. The van der Waals surface area contributed by atoms with Crippen molar-refractivity contribution in [2.24, 2.45) is 0 Å². The Hall–Kier alpha value is 1.88. The van der Waals surface area contributed by atoms with E-state index in [4.69, 9.17) is 0 Å². The van der Waals surface area contributed by atoms with E-state index in [0.717, 1.165) is 3.30 Å². The molecule has 0 aromatic heterocycles. The minimum absolute atomic E-state index is 0. The molecule has 0 bridgehead atoms. The van der Waals surface area contributed by atoms with Gasteiger partial charge in [0.1, 0.15) is 0 Å². The van der Waals surface area contributed by atoms with Crippen LogP contribution in [0.2, 0.25) is 0 Å². The molecule has 1 fully saturated rings. The van der Waals surface area contributed by atoms with Crippen molar-refractivity contribution in [1.29, 1.82) is 0 Å². The molecule has 1 atom stereocenters. The summed E-state index contributed by atoms with van der Waals surface area (Å²) >= 11 is 4.38. The molecule has 52 valence electrons. The van der Waals surface area contributed by atoms with Crippen LogP contribution in [0, 0.1) is 0 Å². The van der Waals surface area contributed by atoms with Crippen molar-refractivity contribution in [1.82, 2.24) is 0 Å². The SMILES string of the molecule is [Au].[Te]C1CCCCS1. The Morgan fingerprint density at radius 3 is 2.38 bits per heavy atom. The summed E-state index contributed by atoms with van der Waals surface area (Å²) in [6.45, 7) is 0. The van der Waals surface area contributed by atoms with E-state index >= 15 is 0 Å².